The van der Waals surface area contributed by atoms with Crippen molar-refractivity contribution in [2.75, 3.05) is 6.61 Å². The van der Waals surface area contributed by atoms with Gasteiger partial charge in [0.1, 0.15) is 17.7 Å². The maximum absolute atomic E-state index is 14.8. The summed E-state index contributed by atoms with van der Waals surface area (Å²) >= 11 is 1.05. The molecule has 0 amide bonds. The highest BCUT2D eigenvalue weighted by molar-refractivity contribution is 7.07. The molecule has 8 heteroatoms. The zero-order valence-electron chi connectivity index (χ0n) is 16.8. The van der Waals surface area contributed by atoms with E-state index in [1.807, 2.05) is 0 Å². The van der Waals surface area contributed by atoms with Gasteiger partial charge in [0.2, 0.25) is 0 Å². The van der Waals surface area contributed by atoms with Crippen LogP contribution in [0.3, 0.4) is 0 Å². The largest absolute Gasteiger partial charge is 0.463 e. The summed E-state index contributed by atoms with van der Waals surface area (Å²) in [6.45, 7) is 3.40. The molecule has 3 aromatic rings. The highest BCUT2D eigenvalue weighted by atomic mass is 32.1. The fourth-order valence-corrected chi connectivity index (χ4v) is 4.55. The normalized spacial score (nSPS) is 16.1. The van der Waals surface area contributed by atoms with Crippen molar-refractivity contribution >= 4 is 23.4 Å². The molecule has 158 valence electrons. The first-order valence-corrected chi connectivity index (χ1v) is 10.4. The number of carbonyl (C=O) groups is 1. The molecule has 1 aliphatic rings. The summed E-state index contributed by atoms with van der Waals surface area (Å²) in [6.07, 6.45) is 1.43. The van der Waals surface area contributed by atoms with Crippen LogP contribution in [0.4, 0.5) is 8.78 Å². The Bertz CT molecular complexity index is 1390. The van der Waals surface area contributed by atoms with Crippen LogP contribution in [-0.2, 0) is 9.53 Å². The van der Waals surface area contributed by atoms with Crippen molar-refractivity contribution in [2.24, 2.45) is 4.99 Å². The topological polar surface area (TPSA) is 60.7 Å². The summed E-state index contributed by atoms with van der Waals surface area (Å²) in [5.41, 5.74) is 0.340. The first kappa shape index (κ1) is 20.9. The zero-order valence-corrected chi connectivity index (χ0v) is 17.6. The van der Waals surface area contributed by atoms with Crippen LogP contribution in [-0.4, -0.2) is 17.1 Å². The number of aromatic nitrogens is 1. The summed E-state index contributed by atoms with van der Waals surface area (Å²) in [4.78, 5) is 30.8. The van der Waals surface area contributed by atoms with E-state index >= 15 is 0 Å². The SMILES string of the molecule is CCOC(=O)C1=C(C)N=c2s/c(=C\c3ccccc3F)c(=O)n2[C@@H]1c1ccccc1F. The molecule has 0 fully saturated rings. The van der Waals surface area contributed by atoms with E-state index in [9.17, 15) is 18.4 Å². The number of thiazole rings is 1. The van der Waals surface area contributed by atoms with E-state index in [1.54, 1.807) is 38.1 Å². The van der Waals surface area contributed by atoms with Gasteiger partial charge in [0.05, 0.1) is 22.4 Å². The number of halogens is 2. The fourth-order valence-electron chi connectivity index (χ4n) is 3.52. The highest BCUT2D eigenvalue weighted by Crippen LogP contribution is 2.32. The zero-order chi connectivity index (χ0) is 22.1. The maximum atomic E-state index is 14.8. The number of rotatable bonds is 4. The quantitative estimate of drug-likeness (QED) is 0.586. The monoisotopic (exact) mass is 440 g/mol. The van der Waals surface area contributed by atoms with Crippen LogP contribution in [0, 0.1) is 11.6 Å². The Hall–Kier alpha value is -3.39. The Morgan fingerprint density at radius 1 is 1.16 bits per heavy atom. The van der Waals surface area contributed by atoms with Crippen molar-refractivity contribution in [1.29, 1.82) is 0 Å². The lowest BCUT2D eigenvalue weighted by Gasteiger charge is -2.24. The van der Waals surface area contributed by atoms with Gasteiger partial charge in [0.15, 0.2) is 4.80 Å². The highest BCUT2D eigenvalue weighted by Gasteiger charge is 2.34. The number of fused-ring (bicyclic) bond motifs is 1. The molecule has 2 aromatic carbocycles. The molecular formula is C23H18F2N2O3S. The van der Waals surface area contributed by atoms with Gasteiger partial charge in [-0.05, 0) is 32.1 Å². The minimum atomic E-state index is -1.04. The van der Waals surface area contributed by atoms with Gasteiger partial charge in [0.25, 0.3) is 5.56 Å². The Kier molecular flexibility index (Phi) is 5.65. The van der Waals surface area contributed by atoms with Crippen LogP contribution in [0.1, 0.15) is 31.0 Å². The number of esters is 1. The van der Waals surface area contributed by atoms with Crippen LogP contribution < -0.4 is 14.9 Å². The maximum Gasteiger partial charge on any atom is 0.338 e. The molecule has 1 atom stereocenters. The summed E-state index contributed by atoms with van der Waals surface area (Å²) in [5.74, 6) is -1.70. The second-order valence-corrected chi connectivity index (χ2v) is 7.85. The number of benzene rings is 2. The fraction of sp³-hybridized carbons (Fsp3) is 0.174. The molecule has 0 spiro atoms. The van der Waals surface area contributed by atoms with E-state index in [0.29, 0.717) is 10.5 Å². The molecule has 0 saturated heterocycles. The smallest absolute Gasteiger partial charge is 0.338 e. The third-order valence-electron chi connectivity index (χ3n) is 4.91. The summed E-state index contributed by atoms with van der Waals surface area (Å²) in [7, 11) is 0. The van der Waals surface area contributed by atoms with Gasteiger partial charge in [-0.3, -0.25) is 9.36 Å². The number of hydrogen-bond donors (Lipinski definition) is 0. The Labute approximate surface area is 180 Å². The molecule has 31 heavy (non-hydrogen) atoms. The van der Waals surface area contributed by atoms with Crippen molar-refractivity contribution in [3.8, 4) is 0 Å². The minimum absolute atomic E-state index is 0.0943. The standard InChI is InChI=1S/C23H18F2N2O3S/c1-3-30-22(29)19-13(2)26-23-27(20(19)15-9-5-7-11-17(15)25)21(28)18(31-23)12-14-8-4-6-10-16(14)24/h4-12,20H,3H2,1-2H3/b18-12-/t20-/m1/s1. The molecule has 0 aliphatic carbocycles. The molecule has 0 saturated carbocycles. The van der Waals surface area contributed by atoms with Crippen molar-refractivity contribution in [3.63, 3.8) is 0 Å². The lowest BCUT2D eigenvalue weighted by Crippen LogP contribution is -2.40. The first-order valence-electron chi connectivity index (χ1n) is 9.61. The second-order valence-electron chi connectivity index (χ2n) is 6.85. The number of ether oxygens (including phenoxy) is 1. The van der Waals surface area contributed by atoms with Crippen LogP contribution in [0.2, 0.25) is 0 Å². The number of allylic oxidation sites excluding steroid dienone is 1. The van der Waals surface area contributed by atoms with E-state index in [2.05, 4.69) is 4.99 Å². The molecule has 0 bridgehead atoms. The number of nitrogens with zero attached hydrogens (tertiary/aromatic N) is 2. The van der Waals surface area contributed by atoms with Gasteiger partial charge in [-0.25, -0.2) is 18.6 Å². The Balaban J connectivity index is 2.00. The van der Waals surface area contributed by atoms with E-state index in [1.165, 1.54) is 34.9 Å². The first-order chi connectivity index (χ1) is 14.9. The van der Waals surface area contributed by atoms with Crippen LogP contribution >= 0.6 is 11.3 Å². The van der Waals surface area contributed by atoms with Crippen molar-refractivity contribution < 1.29 is 18.3 Å². The molecule has 1 aromatic heterocycles. The third-order valence-corrected chi connectivity index (χ3v) is 5.89. The van der Waals surface area contributed by atoms with Crippen LogP contribution in [0.5, 0.6) is 0 Å². The average Bonchev–Trinajstić information content (AvgIpc) is 3.04. The van der Waals surface area contributed by atoms with E-state index in [-0.39, 0.29) is 27.8 Å². The molecule has 1 aliphatic heterocycles. The molecule has 5 nitrogen and oxygen atoms in total. The van der Waals surface area contributed by atoms with E-state index in [4.69, 9.17) is 4.74 Å². The predicted octanol–water partition coefficient (Wildman–Crippen LogP) is 3.08. The molecule has 0 N–H and O–H groups in total. The molecule has 4 rings (SSSR count). The van der Waals surface area contributed by atoms with E-state index < -0.39 is 29.2 Å². The second kappa shape index (κ2) is 8.39. The Morgan fingerprint density at radius 2 is 1.84 bits per heavy atom. The molecular weight excluding hydrogens is 422 g/mol. The van der Waals surface area contributed by atoms with Crippen molar-refractivity contribution in [1.82, 2.24) is 4.57 Å². The number of carbonyl (C=O) groups excluding carboxylic acids is 1. The number of hydrogen-bond acceptors (Lipinski definition) is 5. The average molecular weight is 440 g/mol. The van der Waals surface area contributed by atoms with Gasteiger partial charge >= 0.3 is 5.97 Å². The van der Waals surface area contributed by atoms with Gasteiger partial charge in [-0.1, -0.05) is 47.7 Å². The van der Waals surface area contributed by atoms with Gasteiger partial charge < -0.3 is 4.74 Å². The van der Waals surface area contributed by atoms with Gasteiger partial charge in [0, 0.05) is 11.1 Å². The van der Waals surface area contributed by atoms with Crippen molar-refractivity contribution in [2.45, 2.75) is 19.9 Å². The van der Waals surface area contributed by atoms with Crippen LogP contribution in [0.25, 0.3) is 6.08 Å². The lowest BCUT2D eigenvalue weighted by atomic mass is 9.95. The summed E-state index contributed by atoms with van der Waals surface area (Å²) in [5, 5.41) is 0. The molecule has 2 heterocycles. The summed E-state index contributed by atoms with van der Waals surface area (Å²) in [6, 6.07) is 11.0. The van der Waals surface area contributed by atoms with Gasteiger partial charge in [-0.15, -0.1) is 0 Å². The predicted molar refractivity (Wildman–Crippen MR) is 113 cm³/mol. The van der Waals surface area contributed by atoms with Crippen LogP contribution in [0.15, 0.2) is 69.6 Å². The Morgan fingerprint density at radius 3 is 2.52 bits per heavy atom. The third kappa shape index (κ3) is 3.74. The molecule has 0 unspecified atom stereocenters. The van der Waals surface area contributed by atoms with E-state index in [0.717, 1.165) is 11.3 Å². The van der Waals surface area contributed by atoms with Crippen molar-refractivity contribution in [3.05, 3.63) is 102 Å². The van der Waals surface area contributed by atoms with Gasteiger partial charge in [-0.2, -0.15) is 0 Å². The summed E-state index contributed by atoms with van der Waals surface area (Å²) < 4.78 is 35.6. The minimum Gasteiger partial charge on any atom is -0.463 e. The molecule has 0 radical (unpaired) electrons. The lowest BCUT2D eigenvalue weighted by molar-refractivity contribution is -0.139.